The standard InChI is InChI=1S/C29H25ClN2O4S/c1-4-12-36-21-7-5-6-19(15-21)25-23(26(33)18-8-10-20(30)11-9-18)27(34)28(35)32(25)29-31-24-17(3)13-16(2)14-22(24)37-29/h5-11,13-15,25,33H,4,12H2,1-3H3/b26-23+. The van der Waals surface area contributed by atoms with Gasteiger partial charge < -0.3 is 9.84 Å². The van der Waals surface area contributed by atoms with Crippen molar-refractivity contribution < 1.29 is 19.4 Å². The third-order valence-electron chi connectivity index (χ3n) is 6.23. The minimum absolute atomic E-state index is 0.00729. The van der Waals surface area contributed by atoms with Crippen LogP contribution in [-0.2, 0) is 9.59 Å². The fourth-order valence-corrected chi connectivity index (χ4v) is 5.86. The molecule has 6 nitrogen and oxygen atoms in total. The summed E-state index contributed by atoms with van der Waals surface area (Å²) in [7, 11) is 0. The fourth-order valence-electron chi connectivity index (χ4n) is 4.56. The zero-order valence-electron chi connectivity index (χ0n) is 20.6. The number of nitrogens with zero attached hydrogens (tertiary/aromatic N) is 2. The highest BCUT2D eigenvalue weighted by molar-refractivity contribution is 7.22. The molecule has 1 aliphatic rings. The Morgan fingerprint density at radius 1 is 1.11 bits per heavy atom. The van der Waals surface area contributed by atoms with Crippen molar-refractivity contribution in [1.29, 1.82) is 0 Å². The fraction of sp³-hybridized carbons (Fsp3) is 0.207. The van der Waals surface area contributed by atoms with Gasteiger partial charge >= 0.3 is 5.91 Å². The third-order valence-corrected chi connectivity index (χ3v) is 7.49. The minimum Gasteiger partial charge on any atom is -0.507 e. The van der Waals surface area contributed by atoms with Crippen molar-refractivity contribution in [2.75, 3.05) is 11.5 Å². The van der Waals surface area contributed by atoms with E-state index >= 15 is 0 Å². The number of Topliss-reactive ketones (excluding diaryl/α,β-unsaturated/α-hetero) is 1. The number of carbonyl (C=O) groups excluding carboxylic acids is 2. The van der Waals surface area contributed by atoms with Gasteiger partial charge in [-0.3, -0.25) is 14.5 Å². The van der Waals surface area contributed by atoms with Crippen molar-refractivity contribution in [3.8, 4) is 5.75 Å². The average Bonchev–Trinajstić information content (AvgIpc) is 3.41. The van der Waals surface area contributed by atoms with Crippen LogP contribution < -0.4 is 9.64 Å². The molecule has 1 N–H and O–H groups in total. The van der Waals surface area contributed by atoms with Crippen LogP contribution in [0.4, 0.5) is 5.13 Å². The summed E-state index contributed by atoms with van der Waals surface area (Å²) >= 11 is 7.37. The zero-order valence-corrected chi connectivity index (χ0v) is 22.2. The maximum absolute atomic E-state index is 13.5. The largest absolute Gasteiger partial charge is 0.507 e. The van der Waals surface area contributed by atoms with Gasteiger partial charge in [0, 0.05) is 10.6 Å². The van der Waals surface area contributed by atoms with E-state index in [4.69, 9.17) is 21.3 Å². The van der Waals surface area contributed by atoms with Gasteiger partial charge in [-0.15, -0.1) is 0 Å². The second-order valence-electron chi connectivity index (χ2n) is 9.02. The number of ketones is 1. The molecule has 188 valence electrons. The number of benzene rings is 3. The van der Waals surface area contributed by atoms with Gasteiger partial charge in [0.15, 0.2) is 5.13 Å². The maximum Gasteiger partial charge on any atom is 0.301 e. The summed E-state index contributed by atoms with van der Waals surface area (Å²) < 4.78 is 6.75. The Kier molecular flexibility index (Phi) is 6.75. The molecular formula is C29H25ClN2O4S. The highest BCUT2D eigenvalue weighted by Gasteiger charge is 2.48. The Bertz CT molecular complexity index is 1560. The van der Waals surface area contributed by atoms with E-state index in [0.29, 0.717) is 33.6 Å². The number of halogens is 1. The molecule has 0 spiro atoms. The Morgan fingerprint density at radius 3 is 2.59 bits per heavy atom. The van der Waals surface area contributed by atoms with E-state index in [1.807, 2.05) is 51.1 Å². The molecular weight excluding hydrogens is 508 g/mol. The summed E-state index contributed by atoms with van der Waals surface area (Å²) in [6.07, 6.45) is 0.837. The zero-order chi connectivity index (χ0) is 26.3. The number of hydrogen-bond donors (Lipinski definition) is 1. The van der Waals surface area contributed by atoms with Gasteiger partial charge in [-0.25, -0.2) is 4.98 Å². The van der Waals surface area contributed by atoms with E-state index in [9.17, 15) is 14.7 Å². The van der Waals surface area contributed by atoms with Crippen molar-refractivity contribution in [1.82, 2.24) is 4.98 Å². The first-order valence-electron chi connectivity index (χ1n) is 12.0. The smallest absolute Gasteiger partial charge is 0.301 e. The third kappa shape index (κ3) is 4.61. The number of aliphatic hydroxyl groups excluding tert-OH is 1. The molecule has 2 heterocycles. The van der Waals surface area contributed by atoms with E-state index < -0.39 is 17.7 Å². The van der Waals surface area contributed by atoms with Crippen LogP contribution in [0.3, 0.4) is 0 Å². The number of thiazole rings is 1. The summed E-state index contributed by atoms with van der Waals surface area (Å²) in [4.78, 5) is 33.1. The maximum atomic E-state index is 13.5. The van der Waals surface area contributed by atoms with E-state index in [-0.39, 0.29) is 11.3 Å². The van der Waals surface area contributed by atoms with Gasteiger partial charge in [0.05, 0.1) is 28.4 Å². The molecule has 1 atom stereocenters. The Hall–Kier alpha value is -3.68. The molecule has 1 fully saturated rings. The van der Waals surface area contributed by atoms with Crippen molar-refractivity contribution in [2.45, 2.75) is 33.2 Å². The highest BCUT2D eigenvalue weighted by atomic mass is 35.5. The average molecular weight is 533 g/mol. The van der Waals surface area contributed by atoms with Gasteiger partial charge in [0.2, 0.25) is 0 Å². The van der Waals surface area contributed by atoms with E-state index in [2.05, 4.69) is 0 Å². The number of aliphatic hydroxyl groups is 1. The first-order valence-corrected chi connectivity index (χ1v) is 13.2. The van der Waals surface area contributed by atoms with Gasteiger partial charge in [0.25, 0.3) is 5.78 Å². The molecule has 0 saturated carbocycles. The molecule has 0 radical (unpaired) electrons. The van der Waals surface area contributed by atoms with Crippen LogP contribution in [0.2, 0.25) is 5.02 Å². The van der Waals surface area contributed by atoms with E-state index in [1.165, 1.54) is 16.2 Å². The van der Waals surface area contributed by atoms with Gasteiger partial charge in [-0.05, 0) is 79.4 Å². The Balaban J connectivity index is 1.72. The quantitative estimate of drug-likeness (QED) is 0.164. The van der Waals surface area contributed by atoms with Crippen molar-refractivity contribution in [3.63, 3.8) is 0 Å². The molecule has 1 saturated heterocycles. The van der Waals surface area contributed by atoms with Crippen LogP contribution >= 0.6 is 22.9 Å². The van der Waals surface area contributed by atoms with Crippen LogP contribution in [0, 0.1) is 13.8 Å². The van der Waals surface area contributed by atoms with Crippen molar-refractivity contribution in [3.05, 3.63) is 93.5 Å². The summed E-state index contributed by atoms with van der Waals surface area (Å²) in [5.74, 6) is -1.17. The number of fused-ring (bicyclic) bond motifs is 1. The summed E-state index contributed by atoms with van der Waals surface area (Å²) in [5.41, 5.74) is 3.87. The number of carbonyl (C=O) groups is 2. The van der Waals surface area contributed by atoms with Crippen LogP contribution in [0.5, 0.6) is 5.75 Å². The lowest BCUT2D eigenvalue weighted by atomic mass is 9.95. The van der Waals surface area contributed by atoms with Crippen LogP contribution in [-0.4, -0.2) is 28.4 Å². The second-order valence-corrected chi connectivity index (χ2v) is 10.5. The molecule has 3 aromatic carbocycles. The van der Waals surface area contributed by atoms with Gasteiger partial charge in [-0.1, -0.05) is 48.1 Å². The summed E-state index contributed by atoms with van der Waals surface area (Å²) in [6, 6.07) is 16.9. The van der Waals surface area contributed by atoms with Crippen LogP contribution in [0.25, 0.3) is 16.0 Å². The number of ether oxygens (including phenoxy) is 1. The summed E-state index contributed by atoms with van der Waals surface area (Å²) in [5, 5.41) is 12.2. The number of amides is 1. The molecule has 0 bridgehead atoms. The Morgan fingerprint density at radius 2 is 1.86 bits per heavy atom. The lowest BCUT2D eigenvalue weighted by molar-refractivity contribution is -0.132. The van der Waals surface area contributed by atoms with Crippen molar-refractivity contribution in [2.24, 2.45) is 0 Å². The summed E-state index contributed by atoms with van der Waals surface area (Å²) in [6.45, 7) is 6.53. The van der Waals surface area contributed by atoms with Gasteiger partial charge in [0.1, 0.15) is 11.5 Å². The molecule has 0 aliphatic carbocycles. The van der Waals surface area contributed by atoms with E-state index in [1.54, 1.807) is 30.3 Å². The molecule has 1 aliphatic heterocycles. The number of aryl methyl sites for hydroxylation is 2. The van der Waals surface area contributed by atoms with Crippen LogP contribution in [0.1, 0.15) is 41.6 Å². The number of aromatic nitrogens is 1. The first kappa shape index (κ1) is 25.0. The Labute approximate surface area is 223 Å². The number of rotatable bonds is 6. The topological polar surface area (TPSA) is 79.7 Å². The minimum atomic E-state index is -0.886. The predicted octanol–water partition coefficient (Wildman–Crippen LogP) is 6.98. The second kappa shape index (κ2) is 10.00. The predicted molar refractivity (Wildman–Crippen MR) is 148 cm³/mol. The molecule has 4 aromatic rings. The van der Waals surface area contributed by atoms with Crippen LogP contribution in [0.15, 0.2) is 66.2 Å². The molecule has 1 unspecified atom stereocenters. The SMILES string of the molecule is CCCOc1cccc(C2/C(=C(\O)c3ccc(Cl)cc3)C(=O)C(=O)N2c2nc3c(C)cc(C)cc3s2)c1. The number of hydrogen-bond acceptors (Lipinski definition) is 6. The lowest BCUT2D eigenvalue weighted by Gasteiger charge is -2.23. The normalized spacial score (nSPS) is 17.1. The number of anilines is 1. The lowest BCUT2D eigenvalue weighted by Crippen LogP contribution is -2.29. The van der Waals surface area contributed by atoms with Gasteiger partial charge in [-0.2, -0.15) is 0 Å². The molecule has 37 heavy (non-hydrogen) atoms. The highest BCUT2D eigenvalue weighted by Crippen LogP contribution is 2.45. The molecule has 1 aromatic heterocycles. The van der Waals surface area contributed by atoms with E-state index in [0.717, 1.165) is 27.8 Å². The monoisotopic (exact) mass is 532 g/mol. The molecule has 8 heteroatoms. The molecule has 1 amide bonds. The molecule has 5 rings (SSSR count). The first-order chi connectivity index (χ1) is 17.8. The van der Waals surface area contributed by atoms with Crippen molar-refractivity contribution >= 4 is 55.7 Å².